The van der Waals surface area contributed by atoms with Gasteiger partial charge in [0.25, 0.3) is 0 Å². The van der Waals surface area contributed by atoms with Gasteiger partial charge in [-0.2, -0.15) is 0 Å². The summed E-state index contributed by atoms with van der Waals surface area (Å²) < 4.78 is 7.95. The van der Waals surface area contributed by atoms with Crippen molar-refractivity contribution in [1.82, 2.24) is 0 Å². The summed E-state index contributed by atoms with van der Waals surface area (Å²) >= 11 is -0.546. The van der Waals surface area contributed by atoms with Crippen molar-refractivity contribution >= 4 is 0 Å². The third-order valence-corrected chi connectivity index (χ3v) is 5.37. The third kappa shape index (κ3) is 6.44. The summed E-state index contributed by atoms with van der Waals surface area (Å²) in [4.78, 5) is 0. The summed E-state index contributed by atoms with van der Waals surface area (Å²) in [5.41, 5.74) is 4.19. The van der Waals surface area contributed by atoms with E-state index in [-0.39, 0.29) is 58.8 Å². The van der Waals surface area contributed by atoms with Gasteiger partial charge in [-0.25, -0.2) is 0 Å². The van der Waals surface area contributed by atoms with Gasteiger partial charge in [0.2, 0.25) is 0 Å². The first-order valence-electron chi connectivity index (χ1n) is 8.03. The molecule has 1 aromatic rings. The molecule has 24 heavy (non-hydrogen) atoms. The van der Waals surface area contributed by atoms with E-state index in [2.05, 4.69) is 78.8 Å². The predicted molar refractivity (Wildman–Crippen MR) is 91.0 cm³/mol. The number of hydrogen-bond acceptors (Lipinski definition) is 1. The number of aryl methyl sites for hydroxylation is 1. The number of benzene rings is 1. The van der Waals surface area contributed by atoms with Gasteiger partial charge in [-0.3, -0.25) is 0 Å². The summed E-state index contributed by atoms with van der Waals surface area (Å²) in [5.74, 6) is 1.14. The molecule has 0 spiro atoms. The van der Waals surface area contributed by atoms with Crippen molar-refractivity contribution in [3.05, 3.63) is 50.9 Å². The largest absolute Gasteiger partial charge is 1.00 e. The molecule has 1 aliphatic rings. The SMILES string of the molecule is Cc1cc(C(C)(C)C)c([O][Ti+2][C]2=CC=CC2)c(C(C)(C)C)c1.[I-].[I-]. The monoisotopic (exact) mass is 586 g/mol. The fourth-order valence-electron chi connectivity index (χ4n) is 2.64. The maximum atomic E-state index is 6.48. The molecule has 0 atom stereocenters. The zero-order valence-electron chi connectivity index (χ0n) is 15.8. The van der Waals surface area contributed by atoms with Gasteiger partial charge >= 0.3 is 145 Å². The quantitative estimate of drug-likeness (QED) is 0.353. The van der Waals surface area contributed by atoms with E-state index in [0.717, 1.165) is 12.2 Å². The molecule has 4 heteroatoms. The van der Waals surface area contributed by atoms with Crippen LogP contribution in [0.15, 0.2) is 34.2 Å². The Morgan fingerprint density at radius 2 is 1.42 bits per heavy atom. The van der Waals surface area contributed by atoms with Gasteiger partial charge in [0.05, 0.1) is 0 Å². The zero-order chi connectivity index (χ0) is 16.5. The molecular formula is C20H28I2OTi. The van der Waals surface area contributed by atoms with Crippen LogP contribution < -0.4 is 51.3 Å². The Hall–Kier alpha value is 0.674. The Labute approximate surface area is 191 Å². The molecule has 1 aromatic carbocycles. The van der Waals surface area contributed by atoms with Crippen LogP contribution in [0.1, 0.15) is 64.7 Å². The first-order chi connectivity index (χ1) is 10.1. The molecule has 0 radical (unpaired) electrons. The van der Waals surface area contributed by atoms with Crippen molar-refractivity contribution in [3.63, 3.8) is 0 Å². The average Bonchev–Trinajstić information content (AvgIpc) is 2.87. The van der Waals surface area contributed by atoms with Crippen LogP contribution in [0.2, 0.25) is 0 Å². The Morgan fingerprint density at radius 3 is 1.79 bits per heavy atom. The van der Waals surface area contributed by atoms with Gasteiger partial charge in [0.1, 0.15) is 0 Å². The smallest absolute Gasteiger partial charge is 1.00 e. The Kier molecular flexibility index (Phi) is 9.83. The van der Waals surface area contributed by atoms with Gasteiger partial charge in [-0.1, -0.05) is 0 Å². The molecule has 0 bridgehead atoms. The molecule has 0 N–H and O–H groups in total. The van der Waals surface area contributed by atoms with E-state index in [1.807, 2.05) is 0 Å². The first-order valence-corrected chi connectivity index (χ1v) is 9.45. The second-order valence-corrected chi connectivity index (χ2v) is 9.86. The molecule has 1 aliphatic carbocycles. The minimum atomic E-state index is -0.546. The Morgan fingerprint density at radius 1 is 0.917 bits per heavy atom. The van der Waals surface area contributed by atoms with Crippen LogP contribution >= 0.6 is 0 Å². The van der Waals surface area contributed by atoms with Crippen LogP contribution in [0.5, 0.6) is 5.75 Å². The first kappa shape index (κ1) is 24.7. The molecule has 2 rings (SSSR count). The van der Waals surface area contributed by atoms with E-state index in [4.69, 9.17) is 3.32 Å². The molecule has 0 heterocycles. The molecule has 0 saturated carbocycles. The Balaban J connectivity index is 0.00000264. The van der Waals surface area contributed by atoms with Crippen LogP contribution in [0.25, 0.3) is 0 Å². The molecule has 0 fully saturated rings. The number of halogens is 2. The maximum absolute atomic E-state index is 6.48. The van der Waals surface area contributed by atoms with Crippen LogP contribution in [0.3, 0.4) is 0 Å². The van der Waals surface area contributed by atoms with Crippen LogP contribution in [0, 0.1) is 6.92 Å². The van der Waals surface area contributed by atoms with Crippen molar-refractivity contribution in [3.8, 4) is 5.75 Å². The van der Waals surface area contributed by atoms with Crippen LogP contribution in [-0.2, 0) is 30.4 Å². The molecule has 0 saturated heterocycles. The third-order valence-electron chi connectivity index (χ3n) is 3.90. The topological polar surface area (TPSA) is 9.23 Å². The van der Waals surface area contributed by atoms with Crippen molar-refractivity contribution in [2.24, 2.45) is 0 Å². The fourth-order valence-corrected chi connectivity index (χ4v) is 3.92. The van der Waals surface area contributed by atoms with E-state index in [0.29, 0.717) is 0 Å². The molecule has 0 amide bonds. The van der Waals surface area contributed by atoms with Crippen molar-refractivity contribution in [1.29, 1.82) is 0 Å². The molecule has 0 aromatic heterocycles. The predicted octanol–water partition coefficient (Wildman–Crippen LogP) is -0.182. The minimum Gasteiger partial charge on any atom is -1.00 e. The van der Waals surface area contributed by atoms with Gasteiger partial charge in [-0.15, -0.1) is 0 Å². The minimum absolute atomic E-state index is 0. The second kappa shape index (κ2) is 9.56. The van der Waals surface area contributed by atoms with Crippen LogP contribution in [-0.4, -0.2) is 0 Å². The van der Waals surface area contributed by atoms with Crippen molar-refractivity contribution in [2.45, 2.75) is 65.7 Å². The molecule has 1 nitrogen and oxygen atoms in total. The molecule has 132 valence electrons. The summed E-state index contributed by atoms with van der Waals surface area (Å²) in [5, 5.41) is 0. The van der Waals surface area contributed by atoms with Gasteiger partial charge < -0.3 is 48.0 Å². The van der Waals surface area contributed by atoms with Crippen molar-refractivity contribution < 1.29 is 70.8 Å². The maximum Gasteiger partial charge on any atom is -1.00 e. The van der Waals surface area contributed by atoms with Crippen molar-refractivity contribution in [2.75, 3.05) is 0 Å². The fraction of sp³-hybridized carbons (Fsp3) is 0.500. The molecule has 0 unspecified atom stereocenters. The van der Waals surface area contributed by atoms with Gasteiger partial charge in [-0.05, 0) is 0 Å². The van der Waals surface area contributed by atoms with E-state index in [1.54, 1.807) is 0 Å². The summed E-state index contributed by atoms with van der Waals surface area (Å²) in [6, 6.07) is 4.61. The summed E-state index contributed by atoms with van der Waals surface area (Å²) in [7, 11) is 0. The number of rotatable bonds is 3. The van der Waals surface area contributed by atoms with Gasteiger partial charge in [0, 0.05) is 0 Å². The normalized spacial score (nSPS) is 13.5. The molecular weight excluding hydrogens is 558 g/mol. The molecule has 0 aliphatic heterocycles. The Bertz CT molecular complexity index is 585. The standard InChI is InChI=1S/C15H24O.C5H5.2HI.Ti/c1-10-8-11(14(2,3)4)13(16)12(9-10)15(5,6)7;1-2-4-5-3-1;;;/h8-9,16H,1-7H3;1-3H,4H2;2*1H;/q;;;;+3/p-3. The zero-order valence-corrected chi connectivity index (χ0v) is 21.6. The van der Waals surface area contributed by atoms with E-state index < -0.39 is 19.5 Å². The van der Waals surface area contributed by atoms with Gasteiger partial charge in [0.15, 0.2) is 0 Å². The van der Waals surface area contributed by atoms with Crippen LogP contribution in [0.4, 0.5) is 0 Å². The van der Waals surface area contributed by atoms with E-state index >= 15 is 0 Å². The second-order valence-electron chi connectivity index (χ2n) is 8.22. The van der Waals surface area contributed by atoms with E-state index in [1.165, 1.54) is 20.6 Å². The summed E-state index contributed by atoms with van der Waals surface area (Å²) in [6.07, 6.45) is 7.66. The van der Waals surface area contributed by atoms with E-state index in [9.17, 15) is 0 Å². The summed E-state index contributed by atoms with van der Waals surface area (Å²) in [6.45, 7) is 15.8. The average molecular weight is 586 g/mol. The number of hydrogen-bond donors (Lipinski definition) is 0. The number of allylic oxidation sites excluding steroid dienone is 4.